The largest absolute Gasteiger partial charge is 0.544 e. The van der Waals surface area contributed by atoms with Crippen LogP contribution in [-0.2, 0) is 28.6 Å². The maximum atomic E-state index is 12.8. The summed E-state index contributed by atoms with van der Waals surface area (Å²) in [5.74, 6) is -1.74. The number of esters is 2. The van der Waals surface area contributed by atoms with Crippen molar-refractivity contribution in [2.24, 2.45) is 0 Å². The van der Waals surface area contributed by atoms with Gasteiger partial charge >= 0.3 is 11.9 Å². The van der Waals surface area contributed by atoms with Gasteiger partial charge in [0.15, 0.2) is 6.10 Å². The molecule has 0 aromatic carbocycles. The Morgan fingerprint density at radius 3 is 1.22 bits per heavy atom. The fraction of sp³-hybridized carbons (Fsp3) is 0.839. The first-order valence-corrected chi connectivity index (χ1v) is 27.0. The van der Waals surface area contributed by atoms with Crippen LogP contribution in [0.4, 0.5) is 0 Å². The molecule has 0 aliphatic rings. The van der Waals surface area contributed by atoms with E-state index in [4.69, 9.17) is 14.2 Å². The second-order valence-electron chi connectivity index (χ2n) is 19.5. The van der Waals surface area contributed by atoms with Gasteiger partial charge in [-0.1, -0.05) is 198 Å². The van der Waals surface area contributed by atoms with Crippen molar-refractivity contribution in [2.75, 3.05) is 41.0 Å². The van der Waals surface area contributed by atoms with Crippen LogP contribution in [0.3, 0.4) is 0 Å². The highest BCUT2D eigenvalue weighted by Gasteiger charge is 2.25. The zero-order valence-electron chi connectivity index (χ0n) is 42.7. The van der Waals surface area contributed by atoms with Crippen molar-refractivity contribution >= 4 is 17.9 Å². The smallest absolute Gasteiger partial charge is 0.306 e. The van der Waals surface area contributed by atoms with Crippen LogP contribution in [0, 0.1) is 0 Å². The minimum absolute atomic E-state index is 0.0365. The summed E-state index contributed by atoms with van der Waals surface area (Å²) in [4.78, 5) is 37.1. The molecule has 0 aliphatic heterocycles. The second-order valence-corrected chi connectivity index (χ2v) is 19.5. The standard InChI is InChI=1S/C56H103NO7/c1-6-8-10-12-14-16-18-20-22-24-26-27-28-29-31-33-35-37-39-41-43-45-47-55(59)64-52(50-62-49-48-53(56(60)61)57(3,4)5)51-63-54(58)46-44-42-40-38-36-34-32-30-25-23-21-19-17-15-13-11-9-7-2/h24,26,28-30,32,52-53H,6-23,25,27,31,33-51H2,1-5H3/b26-24+,29-28+,32-30+. The monoisotopic (exact) mass is 902 g/mol. The van der Waals surface area contributed by atoms with Crippen molar-refractivity contribution in [3.63, 3.8) is 0 Å². The van der Waals surface area contributed by atoms with E-state index >= 15 is 0 Å². The summed E-state index contributed by atoms with van der Waals surface area (Å²) in [5.41, 5.74) is 0. The molecular weight excluding hydrogens is 799 g/mol. The van der Waals surface area contributed by atoms with E-state index in [1.807, 2.05) is 0 Å². The van der Waals surface area contributed by atoms with Crippen LogP contribution in [0.15, 0.2) is 36.5 Å². The summed E-state index contributed by atoms with van der Waals surface area (Å²) in [5, 5.41) is 11.7. The first kappa shape index (κ1) is 61.5. The first-order chi connectivity index (χ1) is 31.1. The van der Waals surface area contributed by atoms with E-state index in [0.29, 0.717) is 12.8 Å². The summed E-state index contributed by atoms with van der Waals surface area (Å²) in [6, 6.07) is -0.729. The van der Waals surface area contributed by atoms with Gasteiger partial charge in [-0.25, -0.2) is 0 Å². The number of unbranched alkanes of at least 4 members (excludes halogenated alkanes) is 29. The molecule has 0 bridgehead atoms. The number of hydrogen-bond donors (Lipinski definition) is 0. The highest BCUT2D eigenvalue weighted by Crippen LogP contribution is 2.15. The molecule has 0 aromatic rings. The van der Waals surface area contributed by atoms with Gasteiger partial charge in [-0.05, 0) is 70.6 Å². The van der Waals surface area contributed by atoms with Gasteiger partial charge in [-0.15, -0.1) is 0 Å². The van der Waals surface area contributed by atoms with E-state index in [-0.39, 0.29) is 42.7 Å². The summed E-state index contributed by atoms with van der Waals surface area (Å²) in [6.07, 6.45) is 56.0. The number of nitrogens with zero attached hydrogens (tertiary/aromatic N) is 1. The van der Waals surface area contributed by atoms with E-state index in [1.165, 1.54) is 154 Å². The summed E-state index contributed by atoms with van der Waals surface area (Å²) < 4.78 is 17.3. The van der Waals surface area contributed by atoms with Gasteiger partial charge < -0.3 is 28.6 Å². The molecule has 0 fully saturated rings. The Hall–Kier alpha value is -2.45. The third-order valence-electron chi connectivity index (χ3n) is 12.2. The fourth-order valence-corrected chi connectivity index (χ4v) is 8.04. The minimum atomic E-state index is -1.13. The van der Waals surface area contributed by atoms with Gasteiger partial charge in [0, 0.05) is 19.3 Å². The Morgan fingerprint density at radius 2 is 0.828 bits per heavy atom. The molecule has 0 radical (unpaired) electrons. The molecule has 0 aromatic heterocycles. The average molecular weight is 902 g/mol. The van der Waals surface area contributed by atoms with Gasteiger partial charge in [-0.3, -0.25) is 9.59 Å². The lowest BCUT2D eigenvalue weighted by molar-refractivity contribution is -0.889. The van der Waals surface area contributed by atoms with Crippen molar-refractivity contribution in [3.05, 3.63) is 36.5 Å². The zero-order chi connectivity index (χ0) is 47.0. The highest BCUT2D eigenvalue weighted by molar-refractivity contribution is 5.70. The van der Waals surface area contributed by atoms with Gasteiger partial charge in [0.1, 0.15) is 12.6 Å². The number of carbonyl (C=O) groups is 3. The van der Waals surface area contributed by atoms with Gasteiger partial charge in [-0.2, -0.15) is 0 Å². The number of carboxylic acid groups (broad SMARTS) is 1. The molecule has 2 atom stereocenters. The minimum Gasteiger partial charge on any atom is -0.544 e. The molecule has 0 spiro atoms. The maximum absolute atomic E-state index is 12.8. The van der Waals surface area contributed by atoms with Crippen LogP contribution < -0.4 is 5.11 Å². The lowest BCUT2D eigenvalue weighted by atomic mass is 10.1. The Balaban J connectivity index is 4.24. The van der Waals surface area contributed by atoms with Crippen LogP contribution in [0.5, 0.6) is 0 Å². The molecule has 0 rings (SSSR count). The quantitative estimate of drug-likeness (QED) is 0.0259. The number of rotatable bonds is 49. The SMILES string of the molecule is CCCCCCCCCC/C=C/C/C=C/CCCCCCCCCC(=O)OC(COCCC(C(=O)[O-])[N+](C)(C)C)COC(=O)CCCCCCC/C=C/CCCCCCCCCCC. The number of aliphatic carboxylic acids is 1. The van der Waals surface area contributed by atoms with E-state index < -0.39 is 18.1 Å². The zero-order valence-corrected chi connectivity index (χ0v) is 42.7. The summed E-state index contributed by atoms with van der Waals surface area (Å²) in [6.45, 7) is 4.68. The second kappa shape index (κ2) is 47.1. The van der Waals surface area contributed by atoms with Crippen molar-refractivity contribution in [3.8, 4) is 0 Å². The third kappa shape index (κ3) is 44.7. The molecule has 8 heteroatoms. The number of carboxylic acids is 1. The van der Waals surface area contributed by atoms with Crippen molar-refractivity contribution in [1.82, 2.24) is 0 Å². The number of hydrogen-bond acceptors (Lipinski definition) is 7. The molecule has 2 unspecified atom stereocenters. The molecule has 0 amide bonds. The predicted octanol–water partition coefficient (Wildman–Crippen LogP) is 14.4. The maximum Gasteiger partial charge on any atom is 0.306 e. The molecule has 0 saturated carbocycles. The lowest BCUT2D eigenvalue weighted by Gasteiger charge is -2.34. The van der Waals surface area contributed by atoms with Gasteiger partial charge in [0.05, 0.1) is 40.3 Å². The van der Waals surface area contributed by atoms with Crippen LogP contribution >= 0.6 is 0 Å². The lowest BCUT2D eigenvalue weighted by Crippen LogP contribution is -2.55. The molecule has 0 saturated heterocycles. The summed E-state index contributed by atoms with van der Waals surface area (Å²) in [7, 11) is 5.42. The number of carbonyl (C=O) groups excluding carboxylic acids is 3. The van der Waals surface area contributed by atoms with Crippen LogP contribution in [0.1, 0.15) is 251 Å². The average Bonchev–Trinajstić information content (AvgIpc) is 3.26. The van der Waals surface area contributed by atoms with Crippen LogP contribution in [0.25, 0.3) is 0 Å². The Kier molecular flexibility index (Phi) is 45.3. The fourth-order valence-electron chi connectivity index (χ4n) is 8.04. The number of allylic oxidation sites excluding steroid dienone is 6. The topological polar surface area (TPSA) is 102 Å². The molecule has 0 N–H and O–H groups in total. The number of likely N-dealkylation sites (N-methyl/N-ethyl adjacent to an activating group) is 1. The Morgan fingerprint density at radius 1 is 0.469 bits per heavy atom. The summed E-state index contributed by atoms with van der Waals surface area (Å²) >= 11 is 0. The van der Waals surface area contributed by atoms with Crippen molar-refractivity contribution < 1.29 is 38.2 Å². The van der Waals surface area contributed by atoms with E-state index in [0.717, 1.165) is 64.2 Å². The van der Waals surface area contributed by atoms with Crippen molar-refractivity contribution in [1.29, 1.82) is 0 Å². The Bertz CT molecular complexity index is 1140. The molecule has 8 nitrogen and oxygen atoms in total. The third-order valence-corrected chi connectivity index (χ3v) is 12.2. The van der Waals surface area contributed by atoms with Crippen molar-refractivity contribution in [2.45, 2.75) is 264 Å². The van der Waals surface area contributed by atoms with Crippen LogP contribution in [0.2, 0.25) is 0 Å². The molecular formula is C56H103NO7. The first-order valence-electron chi connectivity index (χ1n) is 27.0. The predicted molar refractivity (Wildman–Crippen MR) is 268 cm³/mol. The molecule has 374 valence electrons. The molecule has 0 aliphatic carbocycles. The van der Waals surface area contributed by atoms with E-state index in [9.17, 15) is 19.5 Å². The number of ether oxygens (including phenoxy) is 3. The van der Waals surface area contributed by atoms with Gasteiger partial charge in [0.2, 0.25) is 0 Å². The van der Waals surface area contributed by atoms with E-state index in [2.05, 4.69) is 50.3 Å². The Labute approximate surface area is 395 Å². The van der Waals surface area contributed by atoms with Crippen LogP contribution in [-0.4, -0.2) is 75.5 Å². The highest BCUT2D eigenvalue weighted by atomic mass is 16.6. The van der Waals surface area contributed by atoms with Gasteiger partial charge in [0.25, 0.3) is 0 Å². The molecule has 0 heterocycles. The molecule has 64 heavy (non-hydrogen) atoms. The number of quaternary nitrogens is 1. The van der Waals surface area contributed by atoms with E-state index in [1.54, 1.807) is 21.1 Å². The normalized spacial score (nSPS) is 13.1.